The molecule has 2 fully saturated rings. The van der Waals surface area contributed by atoms with Crippen molar-refractivity contribution in [3.05, 3.63) is 5.01 Å². The van der Waals surface area contributed by atoms with Gasteiger partial charge in [0.2, 0.25) is 11.0 Å². The lowest BCUT2D eigenvalue weighted by Gasteiger charge is -2.47. The van der Waals surface area contributed by atoms with E-state index in [1.165, 1.54) is 11.3 Å². The largest absolute Gasteiger partial charge is 0.374 e. The number of nitrogen functional groups attached to an aromatic ring is 1. The SMILES string of the molecule is CN1CCC2(CC1)CN(C(=O)Cc1nnc(N)s1)CCCN2C. The molecule has 128 valence electrons. The lowest BCUT2D eigenvalue weighted by molar-refractivity contribution is -0.132. The van der Waals surface area contributed by atoms with E-state index in [0.29, 0.717) is 16.6 Å². The van der Waals surface area contributed by atoms with Crippen molar-refractivity contribution in [2.24, 2.45) is 0 Å². The van der Waals surface area contributed by atoms with Crippen molar-refractivity contribution in [2.75, 3.05) is 52.6 Å². The van der Waals surface area contributed by atoms with E-state index in [1.54, 1.807) is 0 Å². The monoisotopic (exact) mass is 338 g/mol. The normalized spacial score (nSPS) is 23.1. The Morgan fingerprint density at radius 1 is 1.22 bits per heavy atom. The van der Waals surface area contributed by atoms with Gasteiger partial charge in [0, 0.05) is 25.2 Å². The van der Waals surface area contributed by atoms with E-state index in [1.807, 2.05) is 4.90 Å². The molecule has 0 aromatic carbocycles. The molecule has 1 amide bonds. The maximum atomic E-state index is 12.7. The molecule has 0 bridgehead atoms. The van der Waals surface area contributed by atoms with Gasteiger partial charge in [-0.05, 0) is 46.4 Å². The smallest absolute Gasteiger partial charge is 0.229 e. The molecule has 0 atom stereocenters. The van der Waals surface area contributed by atoms with E-state index >= 15 is 0 Å². The average Bonchev–Trinajstić information content (AvgIpc) is 2.85. The second-order valence-electron chi connectivity index (χ2n) is 6.83. The van der Waals surface area contributed by atoms with Crippen LogP contribution < -0.4 is 5.73 Å². The van der Waals surface area contributed by atoms with Gasteiger partial charge in [-0.2, -0.15) is 0 Å². The van der Waals surface area contributed by atoms with Gasteiger partial charge in [-0.3, -0.25) is 9.69 Å². The fraction of sp³-hybridized carbons (Fsp3) is 0.800. The van der Waals surface area contributed by atoms with Crippen molar-refractivity contribution < 1.29 is 4.79 Å². The molecule has 1 aromatic rings. The molecule has 0 saturated carbocycles. The van der Waals surface area contributed by atoms with Crippen LogP contribution in [0.4, 0.5) is 5.13 Å². The number of nitrogens with two attached hydrogens (primary N) is 1. The number of carbonyl (C=O) groups excluding carboxylic acids is 1. The highest BCUT2D eigenvalue weighted by Gasteiger charge is 2.41. The summed E-state index contributed by atoms with van der Waals surface area (Å²) in [7, 11) is 4.39. The number of rotatable bonds is 2. The Morgan fingerprint density at radius 3 is 2.61 bits per heavy atom. The predicted molar refractivity (Wildman–Crippen MR) is 91.3 cm³/mol. The Kier molecular flexibility index (Phi) is 4.84. The van der Waals surface area contributed by atoms with E-state index < -0.39 is 0 Å². The highest BCUT2D eigenvalue weighted by molar-refractivity contribution is 7.15. The predicted octanol–water partition coefficient (Wildman–Crippen LogP) is 0.291. The first-order chi connectivity index (χ1) is 11.0. The Morgan fingerprint density at radius 2 is 1.96 bits per heavy atom. The first-order valence-corrected chi connectivity index (χ1v) is 9.06. The van der Waals surface area contributed by atoms with Gasteiger partial charge in [0.25, 0.3) is 0 Å². The van der Waals surface area contributed by atoms with E-state index in [0.717, 1.165) is 52.0 Å². The van der Waals surface area contributed by atoms with Gasteiger partial charge in [-0.25, -0.2) is 0 Å². The van der Waals surface area contributed by atoms with Gasteiger partial charge >= 0.3 is 0 Å². The van der Waals surface area contributed by atoms with Gasteiger partial charge in [-0.15, -0.1) is 10.2 Å². The summed E-state index contributed by atoms with van der Waals surface area (Å²) in [6.07, 6.45) is 3.58. The molecule has 2 aliphatic heterocycles. The standard InChI is InChI=1S/C15H26N6OS/c1-19-8-4-15(5-9-19)11-21(7-3-6-20(15)2)13(22)10-12-17-18-14(16)23-12/h3-11H2,1-2H3,(H2,16,18). The Bertz CT molecular complexity index is 554. The molecule has 2 saturated heterocycles. The molecule has 1 aromatic heterocycles. The second kappa shape index (κ2) is 6.70. The summed E-state index contributed by atoms with van der Waals surface area (Å²) in [4.78, 5) is 19.6. The van der Waals surface area contributed by atoms with Crippen LogP contribution in [0, 0.1) is 0 Å². The van der Waals surface area contributed by atoms with Crippen LogP contribution in [0.15, 0.2) is 0 Å². The number of nitrogens with zero attached hydrogens (tertiary/aromatic N) is 5. The number of likely N-dealkylation sites (N-methyl/N-ethyl adjacent to an activating group) is 1. The Hall–Kier alpha value is -1.25. The number of aromatic nitrogens is 2. The van der Waals surface area contributed by atoms with Crippen molar-refractivity contribution in [1.82, 2.24) is 24.9 Å². The van der Waals surface area contributed by atoms with Gasteiger partial charge in [0.15, 0.2) is 0 Å². The zero-order chi connectivity index (χ0) is 16.4. The quantitative estimate of drug-likeness (QED) is 0.835. The first kappa shape index (κ1) is 16.6. The van der Waals surface area contributed by atoms with Crippen LogP contribution in [0.3, 0.4) is 0 Å². The van der Waals surface area contributed by atoms with Crippen molar-refractivity contribution in [1.29, 1.82) is 0 Å². The zero-order valence-corrected chi connectivity index (χ0v) is 14.8. The summed E-state index contributed by atoms with van der Waals surface area (Å²) in [6, 6.07) is 0. The van der Waals surface area contributed by atoms with Crippen molar-refractivity contribution in [3.63, 3.8) is 0 Å². The second-order valence-corrected chi connectivity index (χ2v) is 7.92. The maximum Gasteiger partial charge on any atom is 0.229 e. The van der Waals surface area contributed by atoms with Crippen LogP contribution in [0.5, 0.6) is 0 Å². The number of hydrogen-bond acceptors (Lipinski definition) is 7. The number of likely N-dealkylation sites (tertiary alicyclic amines) is 1. The summed E-state index contributed by atoms with van der Waals surface area (Å²) < 4.78 is 0. The Labute approximate surface area is 141 Å². The number of piperidine rings is 1. The van der Waals surface area contributed by atoms with Crippen LogP contribution >= 0.6 is 11.3 Å². The number of hydrogen-bond donors (Lipinski definition) is 1. The topological polar surface area (TPSA) is 78.6 Å². The van der Waals surface area contributed by atoms with Gasteiger partial charge in [0.1, 0.15) is 5.01 Å². The Balaban J connectivity index is 1.70. The molecule has 3 heterocycles. The summed E-state index contributed by atoms with van der Waals surface area (Å²) >= 11 is 1.30. The average molecular weight is 338 g/mol. The molecule has 23 heavy (non-hydrogen) atoms. The van der Waals surface area contributed by atoms with E-state index in [2.05, 4.69) is 34.1 Å². The summed E-state index contributed by atoms with van der Waals surface area (Å²) in [6.45, 7) is 4.90. The molecule has 1 spiro atoms. The first-order valence-electron chi connectivity index (χ1n) is 8.24. The summed E-state index contributed by atoms with van der Waals surface area (Å²) in [5.74, 6) is 0.148. The fourth-order valence-electron chi connectivity index (χ4n) is 3.66. The molecule has 8 heteroatoms. The third-order valence-electron chi connectivity index (χ3n) is 5.27. The summed E-state index contributed by atoms with van der Waals surface area (Å²) in [5.41, 5.74) is 5.73. The minimum absolute atomic E-state index is 0.124. The van der Waals surface area contributed by atoms with Gasteiger partial charge < -0.3 is 15.5 Å². The highest BCUT2D eigenvalue weighted by Crippen LogP contribution is 2.31. The molecular formula is C15H26N6OS. The van der Waals surface area contributed by atoms with Gasteiger partial charge in [0.05, 0.1) is 6.42 Å². The fourth-order valence-corrected chi connectivity index (χ4v) is 4.26. The van der Waals surface area contributed by atoms with Crippen molar-refractivity contribution in [3.8, 4) is 0 Å². The number of anilines is 1. The molecule has 2 N–H and O–H groups in total. The van der Waals surface area contributed by atoms with E-state index in [4.69, 9.17) is 5.73 Å². The molecule has 0 aliphatic carbocycles. The number of amides is 1. The zero-order valence-electron chi connectivity index (χ0n) is 14.0. The third kappa shape index (κ3) is 3.64. The minimum Gasteiger partial charge on any atom is -0.374 e. The third-order valence-corrected chi connectivity index (χ3v) is 6.02. The maximum absolute atomic E-state index is 12.7. The molecular weight excluding hydrogens is 312 g/mol. The summed E-state index contributed by atoms with van der Waals surface area (Å²) in [5, 5.41) is 8.92. The van der Waals surface area contributed by atoms with Crippen LogP contribution in [0.1, 0.15) is 24.3 Å². The van der Waals surface area contributed by atoms with E-state index in [-0.39, 0.29) is 11.4 Å². The van der Waals surface area contributed by atoms with Crippen LogP contribution in [-0.4, -0.2) is 83.2 Å². The molecule has 7 nitrogen and oxygen atoms in total. The lowest BCUT2D eigenvalue weighted by atomic mass is 9.85. The van der Waals surface area contributed by atoms with Crippen molar-refractivity contribution in [2.45, 2.75) is 31.2 Å². The van der Waals surface area contributed by atoms with Crippen molar-refractivity contribution >= 4 is 22.4 Å². The highest BCUT2D eigenvalue weighted by atomic mass is 32.1. The van der Waals surface area contributed by atoms with E-state index in [9.17, 15) is 4.79 Å². The van der Waals surface area contributed by atoms with Crippen LogP contribution in [0.2, 0.25) is 0 Å². The molecule has 2 aliphatic rings. The lowest BCUT2D eigenvalue weighted by Crippen LogP contribution is -2.58. The van der Waals surface area contributed by atoms with Gasteiger partial charge in [-0.1, -0.05) is 11.3 Å². The number of carbonyl (C=O) groups is 1. The van der Waals surface area contributed by atoms with Crippen LogP contribution in [-0.2, 0) is 11.2 Å². The van der Waals surface area contributed by atoms with Crippen LogP contribution in [0.25, 0.3) is 0 Å². The molecule has 0 radical (unpaired) electrons. The minimum atomic E-state index is 0.124. The molecule has 3 rings (SSSR count). The molecule has 0 unspecified atom stereocenters.